The molecule has 0 saturated carbocycles. The largest absolute Gasteiger partial charge is 0.497 e. The molecule has 8 heteroatoms. The molecule has 0 spiro atoms. The number of amides is 3. The molecule has 0 aromatic heterocycles. The van der Waals surface area contributed by atoms with Gasteiger partial charge >= 0.3 is 0 Å². The van der Waals surface area contributed by atoms with Crippen molar-refractivity contribution < 1.29 is 19.1 Å². The molecule has 2 aromatic carbocycles. The van der Waals surface area contributed by atoms with Crippen LogP contribution in [0.2, 0.25) is 0 Å². The molecular formula is C26H34N4O4. The van der Waals surface area contributed by atoms with Gasteiger partial charge in [0, 0.05) is 17.7 Å². The lowest BCUT2D eigenvalue weighted by Crippen LogP contribution is -2.54. The number of carbonyl (C=O) groups is 3. The van der Waals surface area contributed by atoms with Gasteiger partial charge in [0.05, 0.1) is 18.5 Å². The Morgan fingerprint density at radius 1 is 1.18 bits per heavy atom. The summed E-state index contributed by atoms with van der Waals surface area (Å²) >= 11 is 0. The second kappa shape index (κ2) is 10.3. The Kier molecular flexibility index (Phi) is 7.61. The molecule has 182 valence electrons. The lowest BCUT2D eigenvalue weighted by Gasteiger charge is -2.39. The third kappa shape index (κ3) is 5.22. The molecule has 34 heavy (non-hydrogen) atoms. The molecule has 0 aliphatic carbocycles. The molecule has 4 N–H and O–H groups in total. The molecule has 2 atom stereocenters. The number of hydrogen-bond donors (Lipinski definition) is 3. The van der Waals surface area contributed by atoms with Crippen molar-refractivity contribution in [3.63, 3.8) is 0 Å². The Morgan fingerprint density at radius 3 is 2.41 bits per heavy atom. The van der Waals surface area contributed by atoms with Crippen molar-refractivity contribution in [2.75, 3.05) is 30.4 Å². The first-order valence-electron chi connectivity index (χ1n) is 11.5. The second-order valence-electron chi connectivity index (χ2n) is 9.51. The first kappa shape index (κ1) is 25.2. The number of methoxy groups -OCH3 is 1. The van der Waals surface area contributed by atoms with E-state index >= 15 is 0 Å². The topological polar surface area (TPSA) is 114 Å². The first-order valence-corrected chi connectivity index (χ1v) is 11.5. The maximum atomic E-state index is 13.6. The Balaban J connectivity index is 1.98. The fourth-order valence-corrected chi connectivity index (χ4v) is 3.80. The van der Waals surface area contributed by atoms with Crippen LogP contribution in [0.1, 0.15) is 54.8 Å². The van der Waals surface area contributed by atoms with Crippen LogP contribution in [0, 0.1) is 11.3 Å². The molecule has 0 bridgehead atoms. The fraction of sp³-hybridized carbons (Fsp3) is 0.423. The minimum Gasteiger partial charge on any atom is -0.497 e. The Bertz CT molecular complexity index is 1060. The Labute approximate surface area is 200 Å². The van der Waals surface area contributed by atoms with Gasteiger partial charge in [-0.05, 0) is 60.3 Å². The minimum absolute atomic E-state index is 0.0724. The number of rotatable bonds is 8. The van der Waals surface area contributed by atoms with E-state index in [2.05, 4.69) is 10.6 Å². The van der Waals surface area contributed by atoms with Crippen molar-refractivity contribution in [3.05, 3.63) is 53.6 Å². The second-order valence-corrected chi connectivity index (χ2v) is 9.51. The summed E-state index contributed by atoms with van der Waals surface area (Å²) in [5.74, 6) is -0.260. The molecule has 1 aliphatic heterocycles. The molecule has 3 amide bonds. The molecule has 2 unspecified atom stereocenters. The smallest absolute Gasteiger partial charge is 0.259 e. The minimum atomic E-state index is -0.669. The zero-order valence-electron chi connectivity index (χ0n) is 20.5. The van der Waals surface area contributed by atoms with Gasteiger partial charge in [-0.15, -0.1) is 0 Å². The number of nitrogens with two attached hydrogens (primary N) is 1. The molecular weight excluding hydrogens is 432 g/mol. The van der Waals surface area contributed by atoms with Crippen LogP contribution in [-0.2, 0) is 4.79 Å². The first-order chi connectivity index (χ1) is 16.1. The molecule has 2 aromatic rings. The highest BCUT2D eigenvalue weighted by Gasteiger charge is 2.40. The summed E-state index contributed by atoms with van der Waals surface area (Å²) in [4.78, 5) is 41.0. The van der Waals surface area contributed by atoms with Crippen LogP contribution in [0.3, 0.4) is 0 Å². The zero-order valence-corrected chi connectivity index (χ0v) is 20.5. The fourth-order valence-electron chi connectivity index (χ4n) is 3.80. The van der Waals surface area contributed by atoms with Crippen molar-refractivity contribution >= 4 is 29.1 Å². The summed E-state index contributed by atoms with van der Waals surface area (Å²) in [6, 6.07) is 11.1. The van der Waals surface area contributed by atoms with Gasteiger partial charge in [-0.3, -0.25) is 19.3 Å². The third-order valence-electron chi connectivity index (χ3n) is 6.34. The van der Waals surface area contributed by atoms with Crippen molar-refractivity contribution in [2.45, 2.75) is 40.2 Å². The maximum absolute atomic E-state index is 13.6. The molecule has 0 saturated heterocycles. The Morgan fingerprint density at radius 2 is 1.82 bits per heavy atom. The van der Waals surface area contributed by atoms with Crippen molar-refractivity contribution in [2.24, 2.45) is 17.1 Å². The molecule has 1 aliphatic rings. The van der Waals surface area contributed by atoms with E-state index in [1.807, 2.05) is 27.7 Å². The number of ether oxygens (including phenoxy) is 1. The lowest BCUT2D eigenvalue weighted by atomic mass is 9.92. The maximum Gasteiger partial charge on any atom is 0.259 e. The summed E-state index contributed by atoms with van der Waals surface area (Å²) in [6.07, 6.45) is 0.719. The summed E-state index contributed by atoms with van der Waals surface area (Å²) in [6.45, 7) is 8.73. The van der Waals surface area contributed by atoms with Crippen molar-refractivity contribution in [1.82, 2.24) is 5.32 Å². The third-order valence-corrected chi connectivity index (χ3v) is 6.34. The van der Waals surface area contributed by atoms with E-state index in [9.17, 15) is 14.4 Å². The van der Waals surface area contributed by atoms with Gasteiger partial charge in [0.25, 0.3) is 11.8 Å². The van der Waals surface area contributed by atoms with Gasteiger partial charge in [-0.2, -0.15) is 0 Å². The molecule has 0 fully saturated rings. The zero-order chi connectivity index (χ0) is 25.0. The number of anilines is 2. The summed E-state index contributed by atoms with van der Waals surface area (Å²) < 4.78 is 5.19. The number of carbonyl (C=O) groups excluding carboxylic acids is 3. The van der Waals surface area contributed by atoms with Crippen LogP contribution >= 0.6 is 0 Å². The summed E-state index contributed by atoms with van der Waals surface area (Å²) in [5.41, 5.74) is 7.34. The van der Waals surface area contributed by atoms with Crippen LogP contribution in [0.15, 0.2) is 42.5 Å². The van der Waals surface area contributed by atoms with Gasteiger partial charge in [-0.25, -0.2) is 0 Å². The molecule has 8 nitrogen and oxygen atoms in total. The monoisotopic (exact) mass is 466 g/mol. The van der Waals surface area contributed by atoms with E-state index in [0.29, 0.717) is 41.3 Å². The summed E-state index contributed by atoms with van der Waals surface area (Å²) in [7, 11) is 1.56. The number of nitrogens with one attached hydrogen (secondary N) is 2. The van der Waals surface area contributed by atoms with E-state index in [0.717, 1.165) is 6.42 Å². The lowest BCUT2D eigenvalue weighted by molar-refractivity contribution is -0.118. The van der Waals surface area contributed by atoms with E-state index in [-0.39, 0.29) is 29.1 Å². The van der Waals surface area contributed by atoms with Gasteiger partial charge in [0.15, 0.2) is 0 Å². The predicted octanol–water partition coefficient (Wildman–Crippen LogP) is 3.42. The summed E-state index contributed by atoms with van der Waals surface area (Å²) in [5, 5.41) is 5.80. The van der Waals surface area contributed by atoms with Crippen molar-refractivity contribution in [3.8, 4) is 5.75 Å². The van der Waals surface area contributed by atoms with E-state index < -0.39 is 6.04 Å². The molecule has 1 heterocycles. The van der Waals surface area contributed by atoms with E-state index in [1.165, 1.54) is 0 Å². The van der Waals surface area contributed by atoms with E-state index in [4.69, 9.17) is 10.5 Å². The van der Waals surface area contributed by atoms with Crippen LogP contribution in [0.4, 0.5) is 11.4 Å². The standard InChI is InChI=1S/C26H34N4O4/c1-6-16(2)22-24(32)29-20-13-18(23(31)28-15-26(3,4)14-27)9-12-21(20)30(22)25(33)17-7-10-19(34-5)11-8-17/h7-13,16,22H,6,14-15,27H2,1-5H3,(H,28,31)(H,29,32). The number of fused-ring (bicyclic) bond motifs is 1. The predicted molar refractivity (Wildman–Crippen MR) is 133 cm³/mol. The van der Waals surface area contributed by atoms with Gasteiger partial charge < -0.3 is 21.1 Å². The van der Waals surface area contributed by atoms with Crippen LogP contribution in [-0.4, -0.2) is 44.0 Å². The average Bonchev–Trinajstić information content (AvgIpc) is 2.85. The quantitative estimate of drug-likeness (QED) is 0.552. The van der Waals surface area contributed by atoms with Gasteiger partial charge in [-0.1, -0.05) is 34.1 Å². The average molecular weight is 467 g/mol. The van der Waals surface area contributed by atoms with Crippen LogP contribution in [0.5, 0.6) is 5.75 Å². The van der Waals surface area contributed by atoms with E-state index in [1.54, 1.807) is 54.5 Å². The SMILES string of the molecule is CCC(C)C1C(=O)Nc2cc(C(=O)NCC(C)(C)CN)ccc2N1C(=O)c1ccc(OC)cc1. The molecule has 3 rings (SSSR count). The highest BCUT2D eigenvalue weighted by Crippen LogP contribution is 2.37. The number of hydrogen-bond acceptors (Lipinski definition) is 5. The van der Waals surface area contributed by atoms with Crippen LogP contribution in [0.25, 0.3) is 0 Å². The Hall–Kier alpha value is -3.39. The number of benzene rings is 2. The highest BCUT2D eigenvalue weighted by molar-refractivity contribution is 6.17. The van der Waals surface area contributed by atoms with Gasteiger partial charge in [0.2, 0.25) is 5.91 Å². The number of nitrogens with zero attached hydrogens (tertiary/aromatic N) is 1. The normalized spacial score (nSPS) is 16.4. The van der Waals surface area contributed by atoms with Crippen LogP contribution < -0.4 is 26.0 Å². The molecule has 0 radical (unpaired) electrons. The van der Waals surface area contributed by atoms with Crippen molar-refractivity contribution in [1.29, 1.82) is 0 Å². The highest BCUT2D eigenvalue weighted by atomic mass is 16.5. The van der Waals surface area contributed by atoms with Gasteiger partial charge in [0.1, 0.15) is 11.8 Å².